The van der Waals surface area contributed by atoms with Gasteiger partial charge < -0.3 is 9.84 Å². The van der Waals surface area contributed by atoms with Crippen molar-refractivity contribution in [2.45, 2.75) is 38.4 Å². The Morgan fingerprint density at radius 3 is 2.52 bits per heavy atom. The van der Waals surface area contributed by atoms with Gasteiger partial charge in [0.25, 0.3) is 0 Å². The highest BCUT2D eigenvalue weighted by Crippen LogP contribution is 2.33. The molecule has 1 aromatic carbocycles. The van der Waals surface area contributed by atoms with Crippen LogP contribution in [0.25, 0.3) is 0 Å². The number of halogens is 2. The molecule has 0 saturated heterocycles. The van der Waals surface area contributed by atoms with Crippen LogP contribution in [-0.2, 0) is 6.42 Å². The molecule has 0 saturated carbocycles. The van der Waals surface area contributed by atoms with E-state index in [1.165, 1.54) is 6.33 Å². The van der Waals surface area contributed by atoms with Crippen LogP contribution in [0.3, 0.4) is 0 Å². The largest absolute Gasteiger partial charge is 0.485 e. The van der Waals surface area contributed by atoms with Crippen LogP contribution in [-0.4, -0.2) is 31.5 Å². The van der Waals surface area contributed by atoms with Crippen molar-refractivity contribution in [1.82, 2.24) is 15.2 Å². The first-order valence-electron chi connectivity index (χ1n) is 6.42. The summed E-state index contributed by atoms with van der Waals surface area (Å²) in [7, 11) is 0. The standard InChI is InChI=1S/C14H17Cl2N3O2/c1-13(2,14(3,20)7-12-17-8-18-19-12)21-9-4-5-10(15)11(16)6-9/h4-6,8,20H,7H2,1-3H3,(H,17,18,19). The molecule has 1 unspecified atom stereocenters. The minimum atomic E-state index is -1.17. The zero-order valence-corrected chi connectivity index (χ0v) is 13.5. The van der Waals surface area contributed by atoms with Gasteiger partial charge in [-0.3, -0.25) is 5.10 Å². The van der Waals surface area contributed by atoms with Crippen molar-refractivity contribution in [2.24, 2.45) is 0 Å². The molecular weight excluding hydrogens is 313 g/mol. The summed E-state index contributed by atoms with van der Waals surface area (Å²) in [6.07, 6.45) is 1.68. The maximum Gasteiger partial charge on any atom is 0.137 e. The number of hydrogen-bond donors (Lipinski definition) is 2. The van der Waals surface area contributed by atoms with Crippen molar-refractivity contribution in [3.63, 3.8) is 0 Å². The van der Waals surface area contributed by atoms with E-state index in [0.717, 1.165) is 0 Å². The van der Waals surface area contributed by atoms with Crippen LogP contribution in [0.2, 0.25) is 10.0 Å². The fraction of sp³-hybridized carbons (Fsp3) is 0.429. The number of ether oxygens (including phenoxy) is 1. The second kappa shape index (κ2) is 5.83. The van der Waals surface area contributed by atoms with Gasteiger partial charge in [0, 0.05) is 12.5 Å². The highest BCUT2D eigenvalue weighted by Gasteiger charge is 2.42. The van der Waals surface area contributed by atoms with Crippen LogP contribution < -0.4 is 4.74 Å². The number of aromatic amines is 1. The van der Waals surface area contributed by atoms with E-state index in [0.29, 0.717) is 21.6 Å². The summed E-state index contributed by atoms with van der Waals surface area (Å²) in [6.45, 7) is 5.28. The molecule has 0 aliphatic heterocycles. The van der Waals surface area contributed by atoms with Gasteiger partial charge in [0.2, 0.25) is 0 Å². The predicted octanol–water partition coefficient (Wildman–Crippen LogP) is 3.26. The van der Waals surface area contributed by atoms with Crippen LogP contribution >= 0.6 is 23.2 Å². The third-order valence-electron chi connectivity index (χ3n) is 3.54. The topological polar surface area (TPSA) is 71.0 Å². The summed E-state index contributed by atoms with van der Waals surface area (Å²) in [5.41, 5.74) is -2.05. The average Bonchev–Trinajstić information content (AvgIpc) is 2.85. The first kappa shape index (κ1) is 16.1. The zero-order chi connectivity index (χ0) is 15.7. The van der Waals surface area contributed by atoms with Crippen molar-refractivity contribution in [1.29, 1.82) is 0 Å². The summed E-state index contributed by atoms with van der Waals surface area (Å²) in [4.78, 5) is 4.03. The van der Waals surface area contributed by atoms with E-state index < -0.39 is 11.2 Å². The van der Waals surface area contributed by atoms with Gasteiger partial charge in [0.1, 0.15) is 29.1 Å². The van der Waals surface area contributed by atoms with Gasteiger partial charge >= 0.3 is 0 Å². The van der Waals surface area contributed by atoms with Crippen LogP contribution in [0, 0.1) is 0 Å². The lowest BCUT2D eigenvalue weighted by Crippen LogP contribution is -2.53. The Hall–Kier alpha value is -1.30. The van der Waals surface area contributed by atoms with Gasteiger partial charge in [0.05, 0.1) is 10.0 Å². The van der Waals surface area contributed by atoms with Gasteiger partial charge in [-0.05, 0) is 32.9 Å². The Labute approximate surface area is 133 Å². The number of nitrogens with one attached hydrogen (secondary N) is 1. The summed E-state index contributed by atoms with van der Waals surface area (Å²) < 4.78 is 5.90. The van der Waals surface area contributed by atoms with Crippen molar-refractivity contribution in [3.05, 3.63) is 40.4 Å². The molecular formula is C14H17Cl2N3O2. The van der Waals surface area contributed by atoms with Crippen LogP contribution in [0.4, 0.5) is 0 Å². The zero-order valence-electron chi connectivity index (χ0n) is 12.0. The monoisotopic (exact) mass is 329 g/mol. The van der Waals surface area contributed by atoms with Crippen molar-refractivity contribution < 1.29 is 9.84 Å². The van der Waals surface area contributed by atoms with E-state index in [4.69, 9.17) is 27.9 Å². The van der Waals surface area contributed by atoms with E-state index in [1.807, 2.05) is 0 Å². The maximum atomic E-state index is 10.7. The lowest BCUT2D eigenvalue weighted by Gasteiger charge is -2.39. The molecule has 0 aliphatic carbocycles. The number of H-pyrrole nitrogens is 1. The molecule has 2 N–H and O–H groups in total. The normalized spacial score (nSPS) is 14.8. The predicted molar refractivity (Wildman–Crippen MR) is 81.9 cm³/mol. The fourth-order valence-electron chi connectivity index (χ4n) is 1.80. The first-order chi connectivity index (χ1) is 9.71. The molecule has 2 aromatic rings. The van der Waals surface area contributed by atoms with E-state index in [1.54, 1.807) is 39.0 Å². The lowest BCUT2D eigenvalue weighted by atomic mass is 9.84. The molecule has 0 bridgehead atoms. The molecule has 114 valence electrons. The summed E-state index contributed by atoms with van der Waals surface area (Å²) >= 11 is 11.9. The van der Waals surface area contributed by atoms with Gasteiger partial charge in [-0.1, -0.05) is 23.2 Å². The van der Waals surface area contributed by atoms with Crippen molar-refractivity contribution in [2.75, 3.05) is 0 Å². The van der Waals surface area contributed by atoms with Crippen molar-refractivity contribution in [3.8, 4) is 5.75 Å². The molecule has 7 heteroatoms. The molecule has 0 aliphatic rings. The molecule has 0 radical (unpaired) electrons. The molecule has 1 atom stereocenters. The van der Waals surface area contributed by atoms with Gasteiger partial charge in [-0.2, -0.15) is 5.10 Å². The molecule has 5 nitrogen and oxygen atoms in total. The Morgan fingerprint density at radius 1 is 1.24 bits per heavy atom. The Kier molecular flexibility index (Phi) is 4.46. The van der Waals surface area contributed by atoms with Gasteiger partial charge in [-0.25, -0.2) is 4.98 Å². The second-order valence-electron chi connectivity index (χ2n) is 5.57. The minimum absolute atomic E-state index is 0.279. The van der Waals surface area contributed by atoms with Crippen molar-refractivity contribution >= 4 is 23.2 Å². The van der Waals surface area contributed by atoms with E-state index >= 15 is 0 Å². The van der Waals surface area contributed by atoms with Crippen LogP contribution in [0.15, 0.2) is 24.5 Å². The fourth-order valence-corrected chi connectivity index (χ4v) is 2.09. The Balaban J connectivity index is 2.17. The Morgan fingerprint density at radius 2 is 1.95 bits per heavy atom. The lowest BCUT2D eigenvalue weighted by molar-refractivity contribution is -0.103. The molecule has 21 heavy (non-hydrogen) atoms. The first-order valence-corrected chi connectivity index (χ1v) is 7.17. The third kappa shape index (κ3) is 3.67. The minimum Gasteiger partial charge on any atom is -0.485 e. The quantitative estimate of drug-likeness (QED) is 0.883. The molecule has 0 spiro atoms. The number of hydrogen-bond acceptors (Lipinski definition) is 4. The van der Waals surface area contributed by atoms with Crippen LogP contribution in [0.5, 0.6) is 5.75 Å². The molecule has 0 fully saturated rings. The number of aromatic nitrogens is 3. The number of aliphatic hydroxyl groups is 1. The average molecular weight is 330 g/mol. The van der Waals surface area contributed by atoms with E-state index in [9.17, 15) is 5.11 Å². The maximum absolute atomic E-state index is 10.7. The molecule has 1 aromatic heterocycles. The van der Waals surface area contributed by atoms with Gasteiger partial charge in [-0.15, -0.1) is 0 Å². The van der Waals surface area contributed by atoms with Gasteiger partial charge in [0.15, 0.2) is 0 Å². The summed E-state index contributed by atoms with van der Waals surface area (Å²) in [6, 6.07) is 4.98. The molecule has 2 rings (SSSR count). The molecule has 1 heterocycles. The highest BCUT2D eigenvalue weighted by atomic mass is 35.5. The highest BCUT2D eigenvalue weighted by molar-refractivity contribution is 6.42. The smallest absolute Gasteiger partial charge is 0.137 e. The third-order valence-corrected chi connectivity index (χ3v) is 4.28. The SMILES string of the molecule is CC(O)(Cc1ncn[nH]1)C(C)(C)Oc1ccc(Cl)c(Cl)c1. The number of nitrogens with zero attached hydrogens (tertiary/aromatic N) is 2. The van der Waals surface area contributed by atoms with Crippen LogP contribution in [0.1, 0.15) is 26.6 Å². The number of rotatable bonds is 5. The molecule has 0 amide bonds. The van der Waals surface area contributed by atoms with E-state index in [2.05, 4.69) is 15.2 Å². The van der Waals surface area contributed by atoms with E-state index in [-0.39, 0.29) is 6.42 Å². The summed E-state index contributed by atoms with van der Waals surface area (Å²) in [5.74, 6) is 1.12. The Bertz CT molecular complexity index is 613. The number of benzene rings is 1. The second-order valence-corrected chi connectivity index (χ2v) is 6.39. The summed E-state index contributed by atoms with van der Waals surface area (Å²) in [5, 5.41) is 18.1.